The highest BCUT2D eigenvalue weighted by Gasteiger charge is 2.20. The molecule has 0 bridgehead atoms. The van der Waals surface area contributed by atoms with Gasteiger partial charge in [0.15, 0.2) is 11.5 Å². The summed E-state index contributed by atoms with van der Waals surface area (Å²) in [5, 5.41) is 0.594. The van der Waals surface area contributed by atoms with Gasteiger partial charge in [-0.3, -0.25) is 0 Å². The molecule has 0 unspecified atom stereocenters. The predicted molar refractivity (Wildman–Crippen MR) is 70.3 cm³/mol. The van der Waals surface area contributed by atoms with Gasteiger partial charge in [0, 0.05) is 18.5 Å². The highest BCUT2D eigenvalue weighted by Crippen LogP contribution is 2.41. The number of hydrogen-bond acceptors (Lipinski definition) is 4. The summed E-state index contributed by atoms with van der Waals surface area (Å²) in [6, 6.07) is 1.92. The molecular formula is C13H18ClNO3. The van der Waals surface area contributed by atoms with Crippen LogP contribution in [0.3, 0.4) is 0 Å². The summed E-state index contributed by atoms with van der Waals surface area (Å²) in [6.45, 7) is 3.99. The molecule has 0 saturated carbocycles. The predicted octanol–water partition coefficient (Wildman–Crippen LogP) is 2.71. The summed E-state index contributed by atoms with van der Waals surface area (Å²) in [5.74, 6) is 1.46. The van der Waals surface area contributed by atoms with E-state index >= 15 is 0 Å². The first kappa shape index (κ1) is 13.5. The summed E-state index contributed by atoms with van der Waals surface area (Å²) < 4.78 is 11.5. The minimum Gasteiger partial charge on any atom is -0.489 e. The minimum atomic E-state index is 0.593. The van der Waals surface area contributed by atoms with Crippen molar-refractivity contribution in [2.24, 2.45) is 0 Å². The summed E-state index contributed by atoms with van der Waals surface area (Å²) in [6.07, 6.45) is 1.74. The van der Waals surface area contributed by atoms with Gasteiger partial charge in [-0.1, -0.05) is 18.5 Å². The molecule has 5 heteroatoms. The fourth-order valence-electron chi connectivity index (χ4n) is 2.09. The summed E-state index contributed by atoms with van der Waals surface area (Å²) in [7, 11) is 1.59. The van der Waals surface area contributed by atoms with Gasteiger partial charge in [-0.25, -0.2) is 0 Å². The van der Waals surface area contributed by atoms with Gasteiger partial charge in [-0.2, -0.15) is 5.48 Å². The van der Waals surface area contributed by atoms with Crippen LogP contribution in [-0.2, 0) is 17.8 Å². The van der Waals surface area contributed by atoms with Crippen LogP contribution in [0.25, 0.3) is 0 Å². The SMILES string of the molecule is CCc1c(CNOC)cc(Cl)c2c1OCCCO2. The lowest BCUT2D eigenvalue weighted by Crippen LogP contribution is -2.13. The molecule has 1 aromatic carbocycles. The summed E-state index contributed by atoms with van der Waals surface area (Å²) in [5.41, 5.74) is 5.04. The third kappa shape index (κ3) is 2.71. The van der Waals surface area contributed by atoms with Crippen molar-refractivity contribution in [3.63, 3.8) is 0 Å². The van der Waals surface area contributed by atoms with E-state index in [1.807, 2.05) is 6.07 Å². The smallest absolute Gasteiger partial charge is 0.180 e. The van der Waals surface area contributed by atoms with Crippen molar-refractivity contribution in [2.75, 3.05) is 20.3 Å². The number of hydrogen-bond donors (Lipinski definition) is 1. The van der Waals surface area contributed by atoms with Gasteiger partial charge in [-0.05, 0) is 18.1 Å². The number of rotatable bonds is 4. The fraction of sp³-hybridized carbons (Fsp3) is 0.538. The van der Waals surface area contributed by atoms with Gasteiger partial charge in [0.25, 0.3) is 0 Å². The van der Waals surface area contributed by atoms with Gasteiger partial charge in [0.2, 0.25) is 0 Å². The number of ether oxygens (including phenoxy) is 2. The van der Waals surface area contributed by atoms with Crippen LogP contribution in [0.4, 0.5) is 0 Å². The van der Waals surface area contributed by atoms with E-state index in [0.717, 1.165) is 29.7 Å². The first-order valence-corrected chi connectivity index (χ1v) is 6.51. The molecule has 1 heterocycles. The highest BCUT2D eigenvalue weighted by atomic mass is 35.5. The Hall–Kier alpha value is -0.970. The zero-order chi connectivity index (χ0) is 13.0. The first-order valence-electron chi connectivity index (χ1n) is 6.13. The van der Waals surface area contributed by atoms with Crippen LogP contribution >= 0.6 is 11.6 Å². The van der Waals surface area contributed by atoms with E-state index in [4.69, 9.17) is 25.9 Å². The van der Waals surface area contributed by atoms with Crippen molar-refractivity contribution in [3.05, 3.63) is 22.2 Å². The van der Waals surface area contributed by atoms with Crippen molar-refractivity contribution in [3.8, 4) is 11.5 Å². The van der Waals surface area contributed by atoms with Crippen LogP contribution in [0.15, 0.2) is 6.07 Å². The Morgan fingerprint density at radius 3 is 2.72 bits per heavy atom. The Kier molecular flexibility index (Phi) is 4.69. The van der Waals surface area contributed by atoms with Gasteiger partial charge >= 0.3 is 0 Å². The van der Waals surface area contributed by atoms with Crippen LogP contribution < -0.4 is 15.0 Å². The Bertz CT molecular complexity index is 423. The molecule has 0 saturated heterocycles. The number of halogens is 1. The van der Waals surface area contributed by atoms with Crippen LogP contribution in [0.2, 0.25) is 5.02 Å². The third-order valence-electron chi connectivity index (χ3n) is 2.93. The van der Waals surface area contributed by atoms with E-state index in [1.54, 1.807) is 7.11 Å². The lowest BCUT2D eigenvalue weighted by Gasteiger charge is -2.17. The van der Waals surface area contributed by atoms with Gasteiger partial charge in [0.05, 0.1) is 25.3 Å². The maximum atomic E-state index is 6.25. The quantitative estimate of drug-likeness (QED) is 0.855. The van der Waals surface area contributed by atoms with Crippen molar-refractivity contribution < 1.29 is 14.3 Å². The Morgan fingerprint density at radius 1 is 1.33 bits per heavy atom. The third-order valence-corrected chi connectivity index (χ3v) is 3.21. The molecular weight excluding hydrogens is 254 g/mol. The lowest BCUT2D eigenvalue weighted by molar-refractivity contribution is 0.0864. The molecule has 4 nitrogen and oxygen atoms in total. The second kappa shape index (κ2) is 6.27. The van der Waals surface area contributed by atoms with Crippen molar-refractivity contribution in [1.82, 2.24) is 5.48 Å². The van der Waals surface area contributed by atoms with E-state index in [1.165, 1.54) is 0 Å². The molecule has 100 valence electrons. The maximum absolute atomic E-state index is 6.25. The second-order valence-electron chi connectivity index (χ2n) is 4.08. The molecule has 0 spiro atoms. The zero-order valence-corrected chi connectivity index (χ0v) is 11.5. The molecule has 18 heavy (non-hydrogen) atoms. The molecule has 0 radical (unpaired) electrons. The average Bonchev–Trinajstić information content (AvgIpc) is 2.62. The first-order chi connectivity index (χ1) is 8.77. The molecule has 2 rings (SSSR count). The second-order valence-corrected chi connectivity index (χ2v) is 4.49. The molecule has 0 aromatic heterocycles. The van der Waals surface area contributed by atoms with Crippen LogP contribution in [-0.4, -0.2) is 20.3 Å². The van der Waals surface area contributed by atoms with Crippen molar-refractivity contribution >= 4 is 11.6 Å². The molecule has 1 aliphatic rings. The van der Waals surface area contributed by atoms with Crippen LogP contribution in [0, 0.1) is 0 Å². The van der Waals surface area contributed by atoms with E-state index in [9.17, 15) is 0 Å². The molecule has 1 aliphatic heterocycles. The van der Waals surface area contributed by atoms with Crippen molar-refractivity contribution in [1.29, 1.82) is 0 Å². The average molecular weight is 272 g/mol. The minimum absolute atomic E-state index is 0.593. The van der Waals surface area contributed by atoms with E-state index in [0.29, 0.717) is 30.5 Å². The van der Waals surface area contributed by atoms with Crippen molar-refractivity contribution in [2.45, 2.75) is 26.3 Å². The number of fused-ring (bicyclic) bond motifs is 1. The van der Waals surface area contributed by atoms with Crippen LogP contribution in [0.5, 0.6) is 11.5 Å². The molecule has 0 fully saturated rings. The Labute approximate surface area is 112 Å². The largest absolute Gasteiger partial charge is 0.489 e. The number of benzene rings is 1. The topological polar surface area (TPSA) is 39.7 Å². The molecule has 1 N–H and O–H groups in total. The monoisotopic (exact) mass is 271 g/mol. The van der Waals surface area contributed by atoms with Crippen LogP contribution in [0.1, 0.15) is 24.5 Å². The normalized spacial score (nSPS) is 14.4. The van der Waals surface area contributed by atoms with E-state index in [-0.39, 0.29) is 0 Å². The molecule has 0 aliphatic carbocycles. The maximum Gasteiger partial charge on any atom is 0.180 e. The van der Waals surface area contributed by atoms with Gasteiger partial charge < -0.3 is 14.3 Å². The standard InChI is InChI=1S/C13H18ClNO3/c1-3-10-9(8-15-16-2)7-11(14)13-12(10)17-5-4-6-18-13/h7,15H,3-6,8H2,1-2H3. The summed E-state index contributed by atoms with van der Waals surface area (Å²) >= 11 is 6.25. The lowest BCUT2D eigenvalue weighted by atomic mass is 10.0. The Morgan fingerprint density at radius 2 is 2.06 bits per heavy atom. The molecule has 0 atom stereocenters. The molecule has 0 amide bonds. The molecule has 1 aromatic rings. The number of hydroxylamine groups is 1. The van der Waals surface area contributed by atoms with E-state index < -0.39 is 0 Å². The van der Waals surface area contributed by atoms with Gasteiger partial charge in [0.1, 0.15) is 0 Å². The number of nitrogens with one attached hydrogen (secondary N) is 1. The fourth-order valence-corrected chi connectivity index (χ4v) is 2.36. The highest BCUT2D eigenvalue weighted by molar-refractivity contribution is 6.32. The summed E-state index contributed by atoms with van der Waals surface area (Å²) in [4.78, 5) is 4.89. The zero-order valence-electron chi connectivity index (χ0n) is 10.7. The van der Waals surface area contributed by atoms with Gasteiger partial charge in [-0.15, -0.1) is 0 Å². The Balaban J connectivity index is 2.43. The van der Waals surface area contributed by atoms with E-state index in [2.05, 4.69) is 12.4 Å².